The molecule has 0 radical (unpaired) electrons. The summed E-state index contributed by atoms with van der Waals surface area (Å²) in [5.74, 6) is 1.17. The number of Topliss-reactive ketones (excluding diaryl/α,β-unsaturated/α-hetero) is 1. The molecule has 1 rings (SSSR count). The van der Waals surface area contributed by atoms with E-state index < -0.39 is 0 Å². The first-order valence-electron chi connectivity index (χ1n) is 6.75. The number of nitrogens with two attached hydrogens (primary N) is 1. The Morgan fingerprint density at radius 1 is 1.25 bits per heavy atom. The summed E-state index contributed by atoms with van der Waals surface area (Å²) < 4.78 is 0. The van der Waals surface area contributed by atoms with Crippen LogP contribution in [0.15, 0.2) is 0 Å². The van der Waals surface area contributed by atoms with Gasteiger partial charge >= 0.3 is 0 Å². The molecule has 16 heavy (non-hydrogen) atoms. The van der Waals surface area contributed by atoms with Crippen molar-refractivity contribution in [3.63, 3.8) is 0 Å². The minimum absolute atomic E-state index is 0.236. The summed E-state index contributed by atoms with van der Waals surface area (Å²) in [5.41, 5.74) is 5.80. The highest BCUT2D eigenvalue weighted by Crippen LogP contribution is 2.30. The molecule has 94 valence electrons. The average Bonchev–Trinajstić information content (AvgIpc) is 2.68. The molecule has 0 aromatic carbocycles. The number of hydrogen-bond acceptors (Lipinski definition) is 2. The Labute approximate surface area is 100.0 Å². The molecule has 0 aromatic heterocycles. The Morgan fingerprint density at radius 2 is 1.88 bits per heavy atom. The summed E-state index contributed by atoms with van der Waals surface area (Å²) in [6.07, 6.45) is 8.81. The van der Waals surface area contributed by atoms with Crippen LogP contribution in [-0.2, 0) is 4.79 Å². The highest BCUT2D eigenvalue weighted by molar-refractivity contribution is 5.78. The van der Waals surface area contributed by atoms with Crippen molar-refractivity contribution in [1.29, 1.82) is 0 Å². The summed E-state index contributed by atoms with van der Waals surface area (Å²) in [6.45, 7) is 5.15. The molecular formula is C14H27NO. The molecule has 0 spiro atoms. The van der Waals surface area contributed by atoms with Gasteiger partial charge in [-0.05, 0) is 30.7 Å². The summed E-state index contributed by atoms with van der Waals surface area (Å²) in [4.78, 5) is 11.8. The third-order valence-corrected chi connectivity index (χ3v) is 3.89. The Hall–Kier alpha value is -0.370. The quantitative estimate of drug-likeness (QED) is 0.722. The van der Waals surface area contributed by atoms with Crippen molar-refractivity contribution in [2.75, 3.05) is 6.54 Å². The molecule has 1 fully saturated rings. The first-order valence-corrected chi connectivity index (χ1v) is 6.75. The van der Waals surface area contributed by atoms with E-state index in [1.54, 1.807) is 0 Å². The van der Waals surface area contributed by atoms with Gasteiger partial charge in [0.1, 0.15) is 5.78 Å². The van der Waals surface area contributed by atoms with Crippen LogP contribution in [0.2, 0.25) is 0 Å². The van der Waals surface area contributed by atoms with E-state index in [9.17, 15) is 4.79 Å². The normalized spacial score (nSPS) is 17.9. The molecular weight excluding hydrogens is 198 g/mol. The Bertz CT molecular complexity index is 217. The van der Waals surface area contributed by atoms with E-state index in [0.717, 1.165) is 32.2 Å². The van der Waals surface area contributed by atoms with Crippen molar-refractivity contribution in [3.8, 4) is 0 Å². The minimum Gasteiger partial charge on any atom is -0.330 e. The van der Waals surface area contributed by atoms with Gasteiger partial charge in [-0.1, -0.05) is 39.5 Å². The van der Waals surface area contributed by atoms with Gasteiger partial charge in [-0.2, -0.15) is 0 Å². The molecule has 0 heterocycles. The zero-order valence-electron chi connectivity index (χ0n) is 10.9. The number of carbonyl (C=O) groups is 1. The van der Waals surface area contributed by atoms with Gasteiger partial charge in [-0.25, -0.2) is 0 Å². The topological polar surface area (TPSA) is 43.1 Å². The van der Waals surface area contributed by atoms with Gasteiger partial charge < -0.3 is 5.73 Å². The Balaban J connectivity index is 2.18. The second-order valence-electron chi connectivity index (χ2n) is 6.10. The molecule has 0 amide bonds. The summed E-state index contributed by atoms with van der Waals surface area (Å²) in [7, 11) is 0. The van der Waals surface area contributed by atoms with Crippen molar-refractivity contribution < 1.29 is 4.79 Å². The molecule has 1 aliphatic carbocycles. The zero-order chi connectivity index (χ0) is 12.0. The van der Waals surface area contributed by atoms with E-state index in [4.69, 9.17) is 5.73 Å². The van der Waals surface area contributed by atoms with E-state index in [1.165, 1.54) is 25.7 Å². The maximum Gasteiger partial charge on any atom is 0.133 e. The van der Waals surface area contributed by atoms with Crippen LogP contribution in [0.25, 0.3) is 0 Å². The number of ketones is 1. The predicted octanol–water partition coefficient (Wildman–Crippen LogP) is 3.29. The maximum absolute atomic E-state index is 11.8. The standard InChI is InChI=1S/C14H27NO/c1-14(2,9-10-15)8-7-13(16)11-12-5-3-4-6-12/h12H,3-11,15H2,1-2H3. The highest BCUT2D eigenvalue weighted by atomic mass is 16.1. The monoisotopic (exact) mass is 225 g/mol. The molecule has 0 atom stereocenters. The van der Waals surface area contributed by atoms with Crippen LogP contribution in [-0.4, -0.2) is 12.3 Å². The van der Waals surface area contributed by atoms with Crippen LogP contribution >= 0.6 is 0 Å². The lowest BCUT2D eigenvalue weighted by Gasteiger charge is -2.23. The summed E-state index contributed by atoms with van der Waals surface area (Å²) in [6, 6.07) is 0. The molecule has 0 unspecified atom stereocenters. The van der Waals surface area contributed by atoms with E-state index in [2.05, 4.69) is 13.8 Å². The van der Waals surface area contributed by atoms with Gasteiger partial charge in [-0.15, -0.1) is 0 Å². The fourth-order valence-electron chi connectivity index (χ4n) is 2.63. The molecule has 2 heteroatoms. The first kappa shape index (κ1) is 13.7. The van der Waals surface area contributed by atoms with E-state index in [0.29, 0.717) is 11.7 Å². The smallest absolute Gasteiger partial charge is 0.133 e. The van der Waals surface area contributed by atoms with Gasteiger partial charge in [0.05, 0.1) is 0 Å². The van der Waals surface area contributed by atoms with Crippen LogP contribution in [0.4, 0.5) is 0 Å². The van der Waals surface area contributed by atoms with Gasteiger partial charge in [0.15, 0.2) is 0 Å². The molecule has 1 saturated carbocycles. The lowest BCUT2D eigenvalue weighted by atomic mass is 9.83. The molecule has 2 nitrogen and oxygen atoms in total. The fraction of sp³-hybridized carbons (Fsp3) is 0.929. The average molecular weight is 225 g/mol. The second kappa shape index (κ2) is 6.39. The van der Waals surface area contributed by atoms with Crippen molar-refractivity contribution in [1.82, 2.24) is 0 Å². The van der Waals surface area contributed by atoms with Gasteiger partial charge in [0.2, 0.25) is 0 Å². The largest absolute Gasteiger partial charge is 0.330 e. The first-order chi connectivity index (χ1) is 7.53. The van der Waals surface area contributed by atoms with Crippen LogP contribution in [0.5, 0.6) is 0 Å². The van der Waals surface area contributed by atoms with Crippen molar-refractivity contribution in [2.45, 2.75) is 65.2 Å². The second-order valence-corrected chi connectivity index (χ2v) is 6.10. The third-order valence-electron chi connectivity index (χ3n) is 3.89. The number of rotatable bonds is 7. The molecule has 2 N–H and O–H groups in total. The molecule has 1 aliphatic rings. The van der Waals surface area contributed by atoms with E-state index in [-0.39, 0.29) is 5.41 Å². The van der Waals surface area contributed by atoms with Crippen LogP contribution in [0.1, 0.15) is 65.2 Å². The predicted molar refractivity (Wildman–Crippen MR) is 68.3 cm³/mol. The van der Waals surface area contributed by atoms with Crippen LogP contribution < -0.4 is 5.73 Å². The van der Waals surface area contributed by atoms with Crippen molar-refractivity contribution in [3.05, 3.63) is 0 Å². The zero-order valence-corrected chi connectivity index (χ0v) is 10.9. The van der Waals surface area contributed by atoms with E-state index >= 15 is 0 Å². The lowest BCUT2D eigenvalue weighted by Crippen LogP contribution is -2.18. The van der Waals surface area contributed by atoms with E-state index in [1.807, 2.05) is 0 Å². The SMILES string of the molecule is CC(C)(CCN)CCC(=O)CC1CCCC1. The third kappa shape index (κ3) is 5.11. The van der Waals surface area contributed by atoms with Crippen molar-refractivity contribution in [2.24, 2.45) is 17.1 Å². The summed E-state index contributed by atoms with van der Waals surface area (Å²) >= 11 is 0. The minimum atomic E-state index is 0.236. The molecule has 0 aliphatic heterocycles. The van der Waals surface area contributed by atoms with Gasteiger partial charge in [0, 0.05) is 12.8 Å². The molecule has 0 bridgehead atoms. The number of carbonyl (C=O) groups excluding carboxylic acids is 1. The highest BCUT2D eigenvalue weighted by Gasteiger charge is 2.21. The molecule has 0 aromatic rings. The fourth-order valence-corrected chi connectivity index (χ4v) is 2.63. The van der Waals surface area contributed by atoms with Crippen LogP contribution in [0, 0.1) is 11.3 Å². The Morgan fingerprint density at radius 3 is 2.44 bits per heavy atom. The molecule has 0 saturated heterocycles. The van der Waals surface area contributed by atoms with Crippen molar-refractivity contribution >= 4 is 5.78 Å². The van der Waals surface area contributed by atoms with Gasteiger partial charge in [0.25, 0.3) is 0 Å². The lowest BCUT2D eigenvalue weighted by molar-refractivity contribution is -0.120. The summed E-state index contributed by atoms with van der Waals surface area (Å²) in [5, 5.41) is 0. The van der Waals surface area contributed by atoms with Gasteiger partial charge in [-0.3, -0.25) is 4.79 Å². The number of hydrogen-bond donors (Lipinski definition) is 1. The van der Waals surface area contributed by atoms with Crippen LogP contribution in [0.3, 0.4) is 0 Å². The maximum atomic E-state index is 11.8. The Kier molecular flexibility index (Phi) is 5.47.